The van der Waals surface area contributed by atoms with Gasteiger partial charge in [0.05, 0.1) is 12.9 Å². The number of benzene rings is 2. The molecule has 4 rings (SSSR count). The topological polar surface area (TPSA) is 60.3 Å². The van der Waals surface area contributed by atoms with E-state index < -0.39 is 0 Å². The maximum absolute atomic E-state index is 12.6. The van der Waals surface area contributed by atoms with Crippen molar-refractivity contribution in [3.8, 4) is 22.8 Å². The molecule has 1 aromatic heterocycles. The quantitative estimate of drug-likeness (QED) is 0.518. The molecule has 0 aliphatic carbocycles. The Balaban J connectivity index is 1.63. The lowest BCUT2D eigenvalue weighted by Crippen LogP contribution is -2.36. The van der Waals surface area contributed by atoms with Crippen LogP contribution in [0.3, 0.4) is 0 Å². The summed E-state index contributed by atoms with van der Waals surface area (Å²) in [5.41, 5.74) is 1.80. The summed E-state index contributed by atoms with van der Waals surface area (Å²) in [7, 11) is 1.64. The molecule has 2 heterocycles. The van der Waals surface area contributed by atoms with E-state index in [0.717, 1.165) is 42.9 Å². The molecule has 0 bridgehead atoms. The van der Waals surface area contributed by atoms with Crippen LogP contribution in [-0.4, -0.2) is 51.5 Å². The van der Waals surface area contributed by atoms with Gasteiger partial charge in [-0.3, -0.25) is 9.36 Å². The van der Waals surface area contributed by atoms with Crippen molar-refractivity contribution in [1.82, 2.24) is 19.7 Å². The zero-order valence-electron chi connectivity index (χ0n) is 16.8. The van der Waals surface area contributed by atoms with Crippen molar-refractivity contribution in [3.05, 3.63) is 53.6 Å². The van der Waals surface area contributed by atoms with Gasteiger partial charge in [0.25, 0.3) is 0 Å². The molecule has 1 fully saturated rings. The fourth-order valence-electron chi connectivity index (χ4n) is 3.47. The number of carbonyl (C=O) groups is 1. The number of amides is 1. The van der Waals surface area contributed by atoms with Crippen molar-refractivity contribution >= 4 is 29.3 Å². The molecule has 1 amide bonds. The molecule has 6 nitrogen and oxygen atoms in total. The lowest BCUT2D eigenvalue weighted by molar-refractivity contribution is -0.129. The number of ether oxygens (including phenoxy) is 1. The lowest BCUT2D eigenvalue weighted by atomic mass is 10.1. The van der Waals surface area contributed by atoms with Crippen LogP contribution in [0.4, 0.5) is 0 Å². The number of halogens is 1. The normalized spacial score (nSPS) is 14.0. The Morgan fingerprint density at radius 2 is 1.73 bits per heavy atom. The van der Waals surface area contributed by atoms with Gasteiger partial charge in [0.2, 0.25) is 5.91 Å². The van der Waals surface area contributed by atoms with E-state index >= 15 is 0 Å². The van der Waals surface area contributed by atoms with Gasteiger partial charge in [-0.05, 0) is 67.8 Å². The van der Waals surface area contributed by atoms with Crippen LogP contribution in [0, 0.1) is 0 Å². The molecule has 0 saturated carbocycles. The first-order chi connectivity index (χ1) is 14.7. The predicted molar refractivity (Wildman–Crippen MR) is 120 cm³/mol. The standard InChI is InChI=1S/C22H23ClN4O2S/c1-29-19-11-5-16(6-12-19)21-24-25-22(27(21)18-9-7-17(23)8-10-18)30-15-20(28)26-13-3-2-4-14-26/h5-12H,2-4,13-15H2,1H3. The van der Waals surface area contributed by atoms with E-state index in [-0.39, 0.29) is 5.91 Å². The first-order valence-corrected chi connectivity index (χ1v) is 11.3. The summed E-state index contributed by atoms with van der Waals surface area (Å²) in [6, 6.07) is 15.2. The van der Waals surface area contributed by atoms with Gasteiger partial charge in [0.1, 0.15) is 5.75 Å². The third-order valence-corrected chi connectivity index (χ3v) is 6.27. The lowest BCUT2D eigenvalue weighted by Gasteiger charge is -2.26. The van der Waals surface area contributed by atoms with Crippen LogP contribution in [0.25, 0.3) is 17.1 Å². The van der Waals surface area contributed by atoms with Crippen molar-refractivity contribution in [2.45, 2.75) is 24.4 Å². The zero-order valence-corrected chi connectivity index (χ0v) is 18.3. The molecule has 0 spiro atoms. The maximum Gasteiger partial charge on any atom is 0.233 e. The zero-order chi connectivity index (χ0) is 20.9. The van der Waals surface area contributed by atoms with E-state index in [2.05, 4.69) is 10.2 Å². The Kier molecular flexibility index (Phi) is 6.59. The van der Waals surface area contributed by atoms with Gasteiger partial charge >= 0.3 is 0 Å². The second-order valence-corrected chi connectivity index (χ2v) is 8.46. The fourth-order valence-corrected chi connectivity index (χ4v) is 4.45. The number of nitrogens with zero attached hydrogens (tertiary/aromatic N) is 4. The number of carbonyl (C=O) groups excluding carboxylic acids is 1. The monoisotopic (exact) mass is 442 g/mol. The van der Waals surface area contributed by atoms with Crippen LogP contribution in [0.2, 0.25) is 5.02 Å². The van der Waals surface area contributed by atoms with Crippen molar-refractivity contribution in [2.24, 2.45) is 0 Å². The van der Waals surface area contributed by atoms with E-state index in [1.807, 2.05) is 58.0 Å². The molecule has 1 aliphatic rings. The minimum Gasteiger partial charge on any atom is -0.497 e. The van der Waals surface area contributed by atoms with Crippen LogP contribution in [0.1, 0.15) is 19.3 Å². The summed E-state index contributed by atoms with van der Waals surface area (Å²) in [5.74, 6) is 1.97. The van der Waals surface area contributed by atoms with Gasteiger partial charge in [-0.25, -0.2) is 0 Å². The number of hydrogen-bond donors (Lipinski definition) is 0. The third-order valence-electron chi connectivity index (χ3n) is 5.10. The number of rotatable bonds is 6. The molecule has 156 valence electrons. The molecule has 3 aromatic rings. The van der Waals surface area contributed by atoms with Gasteiger partial charge in [0.15, 0.2) is 11.0 Å². The molecule has 8 heteroatoms. The molecule has 2 aromatic carbocycles. The van der Waals surface area contributed by atoms with E-state index in [4.69, 9.17) is 16.3 Å². The van der Waals surface area contributed by atoms with Crippen molar-refractivity contribution < 1.29 is 9.53 Å². The number of aromatic nitrogens is 3. The van der Waals surface area contributed by atoms with Crippen LogP contribution < -0.4 is 4.74 Å². The maximum atomic E-state index is 12.6. The number of likely N-dealkylation sites (tertiary alicyclic amines) is 1. The molecular formula is C22H23ClN4O2S. The first kappa shape index (κ1) is 20.8. The Morgan fingerprint density at radius 1 is 1.03 bits per heavy atom. The predicted octanol–water partition coefficient (Wildman–Crippen LogP) is 4.70. The number of methoxy groups -OCH3 is 1. The van der Waals surface area contributed by atoms with Gasteiger partial charge in [-0.2, -0.15) is 0 Å². The van der Waals surface area contributed by atoms with Crippen molar-refractivity contribution in [1.29, 1.82) is 0 Å². The summed E-state index contributed by atoms with van der Waals surface area (Å²) in [6.07, 6.45) is 3.37. The summed E-state index contributed by atoms with van der Waals surface area (Å²) in [5, 5.41) is 10.2. The molecule has 1 saturated heterocycles. The van der Waals surface area contributed by atoms with Gasteiger partial charge in [-0.15, -0.1) is 10.2 Å². The summed E-state index contributed by atoms with van der Waals surface area (Å²) in [4.78, 5) is 14.6. The molecule has 0 unspecified atom stereocenters. The minimum absolute atomic E-state index is 0.149. The summed E-state index contributed by atoms with van der Waals surface area (Å²) >= 11 is 7.49. The third kappa shape index (κ3) is 4.63. The van der Waals surface area contributed by atoms with Gasteiger partial charge < -0.3 is 9.64 Å². The average Bonchev–Trinajstić information content (AvgIpc) is 3.22. The van der Waals surface area contributed by atoms with Crippen LogP contribution in [0.15, 0.2) is 53.7 Å². The highest BCUT2D eigenvalue weighted by Crippen LogP contribution is 2.30. The number of hydrogen-bond acceptors (Lipinski definition) is 5. The van der Waals surface area contributed by atoms with E-state index in [0.29, 0.717) is 21.8 Å². The summed E-state index contributed by atoms with van der Waals surface area (Å²) in [6.45, 7) is 1.70. The SMILES string of the molecule is COc1ccc(-c2nnc(SCC(=O)N3CCCCC3)n2-c2ccc(Cl)cc2)cc1. The van der Waals surface area contributed by atoms with Gasteiger partial charge in [-0.1, -0.05) is 23.4 Å². The Hall–Kier alpha value is -2.51. The average molecular weight is 443 g/mol. The van der Waals surface area contributed by atoms with Crippen molar-refractivity contribution in [2.75, 3.05) is 26.0 Å². The second-order valence-electron chi connectivity index (χ2n) is 7.08. The Labute approximate surface area is 185 Å². The molecule has 30 heavy (non-hydrogen) atoms. The minimum atomic E-state index is 0.149. The van der Waals surface area contributed by atoms with Crippen molar-refractivity contribution in [3.63, 3.8) is 0 Å². The van der Waals surface area contributed by atoms with Crippen LogP contribution >= 0.6 is 23.4 Å². The Morgan fingerprint density at radius 3 is 2.40 bits per heavy atom. The highest BCUT2D eigenvalue weighted by molar-refractivity contribution is 7.99. The van der Waals surface area contributed by atoms with E-state index in [1.54, 1.807) is 7.11 Å². The highest BCUT2D eigenvalue weighted by Gasteiger charge is 2.20. The van der Waals surface area contributed by atoms with E-state index in [9.17, 15) is 4.79 Å². The Bertz CT molecular complexity index is 999. The number of piperidine rings is 1. The fraction of sp³-hybridized carbons (Fsp3) is 0.318. The van der Waals surface area contributed by atoms with Crippen LogP contribution in [-0.2, 0) is 4.79 Å². The summed E-state index contributed by atoms with van der Waals surface area (Å²) < 4.78 is 7.22. The molecule has 1 aliphatic heterocycles. The van der Waals surface area contributed by atoms with Gasteiger partial charge in [0, 0.05) is 29.4 Å². The largest absolute Gasteiger partial charge is 0.497 e. The molecule has 0 atom stereocenters. The highest BCUT2D eigenvalue weighted by atomic mass is 35.5. The molecule has 0 N–H and O–H groups in total. The smallest absolute Gasteiger partial charge is 0.233 e. The molecular weight excluding hydrogens is 420 g/mol. The van der Waals surface area contributed by atoms with Crippen LogP contribution in [0.5, 0.6) is 5.75 Å². The first-order valence-electron chi connectivity index (χ1n) is 9.92. The van der Waals surface area contributed by atoms with E-state index in [1.165, 1.54) is 18.2 Å². The second kappa shape index (κ2) is 9.53. The molecule has 0 radical (unpaired) electrons. The number of thioether (sulfide) groups is 1.